The maximum Gasteiger partial charge on any atom is 0.272 e. The van der Waals surface area contributed by atoms with Crippen molar-refractivity contribution in [1.82, 2.24) is 19.7 Å². The van der Waals surface area contributed by atoms with Gasteiger partial charge in [-0.15, -0.1) is 0 Å². The number of hydrogen-bond acceptors (Lipinski definition) is 9. The zero-order valence-electron chi connectivity index (χ0n) is 25.6. The second kappa shape index (κ2) is 13.2. The zero-order chi connectivity index (χ0) is 35.7. The van der Waals surface area contributed by atoms with Crippen LogP contribution in [0.25, 0.3) is 16.6 Å². The fraction of sp³-hybridized carbons (Fsp3) is 0.0909. The molecular weight excluding hydrogens is 682 g/mol. The summed E-state index contributed by atoms with van der Waals surface area (Å²) in [6.45, 7) is 0.596. The Bertz CT molecular complexity index is 2420. The average Bonchev–Trinajstić information content (AvgIpc) is 3.68. The predicted molar refractivity (Wildman–Crippen MR) is 172 cm³/mol. The highest BCUT2D eigenvalue weighted by molar-refractivity contribution is 7.92. The first-order chi connectivity index (χ1) is 23.8. The van der Waals surface area contributed by atoms with Crippen LogP contribution in [0.4, 0.5) is 29.1 Å². The number of nitrogens with zero attached hydrogens (tertiary/aromatic N) is 4. The lowest BCUT2D eigenvalue weighted by Gasteiger charge is -2.14. The second-order valence-corrected chi connectivity index (χ2v) is 12.4. The molecule has 254 valence electrons. The Labute approximate surface area is 280 Å². The van der Waals surface area contributed by atoms with Gasteiger partial charge in [0.05, 0.1) is 51.6 Å². The summed E-state index contributed by atoms with van der Waals surface area (Å²) in [5, 5.41) is 13.7. The van der Waals surface area contributed by atoms with Crippen LogP contribution in [0.2, 0.25) is 0 Å². The molecule has 3 aromatic carbocycles. The molecule has 6 rings (SSSR count). The van der Waals surface area contributed by atoms with Crippen molar-refractivity contribution in [2.75, 3.05) is 17.1 Å². The summed E-state index contributed by atoms with van der Waals surface area (Å²) in [5.74, 6) is -3.50. The highest BCUT2D eigenvalue weighted by Crippen LogP contribution is 2.34. The highest BCUT2D eigenvalue weighted by Gasteiger charge is 2.23. The van der Waals surface area contributed by atoms with Crippen molar-refractivity contribution in [3.8, 4) is 29.1 Å². The smallest absolute Gasteiger partial charge is 0.272 e. The van der Waals surface area contributed by atoms with Gasteiger partial charge < -0.3 is 20.2 Å². The number of para-hydroxylation sites is 1. The minimum absolute atomic E-state index is 0.00158. The number of carbonyl (C=O) groups excluding carboxylic acids is 1. The number of nitrogens with two attached hydrogens (primary N) is 1. The molecule has 0 atom stereocenters. The first-order valence-corrected chi connectivity index (χ1v) is 15.9. The summed E-state index contributed by atoms with van der Waals surface area (Å²) in [4.78, 5) is 20.3. The summed E-state index contributed by atoms with van der Waals surface area (Å²) >= 11 is 0. The Morgan fingerprint density at radius 1 is 1.08 bits per heavy atom. The molecule has 0 aliphatic carbocycles. The molecule has 50 heavy (non-hydrogen) atoms. The Hall–Kier alpha value is -6.41. The number of hydrogen-bond donors (Lipinski definition) is 3. The van der Waals surface area contributed by atoms with Gasteiger partial charge in [0.15, 0.2) is 11.6 Å². The maximum atomic E-state index is 14.0. The molecule has 0 fully saturated rings. The standard InChI is InChI=1S/C33H23F4N7O5S/c1-17-8-30(49-32-22(34)6-3-7-23(32)35)40-15-27(17)44-33(39)21(14-41-44)31(45)26-10-19-11-28(48-16-29(36)37)25(12-24(19)42-26)43-50(46,47)20-5-2-4-18(9-20)13-38/h2-12,14-15,29,42-43H,16,39H2,1H3. The quantitative estimate of drug-likeness (QED) is 0.104. The van der Waals surface area contributed by atoms with Gasteiger partial charge in [-0.2, -0.15) is 10.4 Å². The molecule has 4 N–H and O–H groups in total. The van der Waals surface area contributed by atoms with Crippen LogP contribution < -0.4 is 19.9 Å². The van der Waals surface area contributed by atoms with Crippen LogP contribution in [0.15, 0.2) is 84.0 Å². The summed E-state index contributed by atoms with van der Waals surface area (Å²) in [6, 6.07) is 15.7. The number of alkyl halides is 2. The largest absolute Gasteiger partial charge is 0.485 e. The van der Waals surface area contributed by atoms with Crippen LogP contribution in [0.1, 0.15) is 27.2 Å². The first kappa shape index (κ1) is 33.5. The second-order valence-electron chi connectivity index (χ2n) is 10.7. The monoisotopic (exact) mass is 705 g/mol. The van der Waals surface area contributed by atoms with Gasteiger partial charge in [0, 0.05) is 17.0 Å². The van der Waals surface area contributed by atoms with Crippen LogP contribution in [0.5, 0.6) is 17.4 Å². The number of fused-ring (bicyclic) bond motifs is 1. The van der Waals surface area contributed by atoms with E-state index in [-0.39, 0.29) is 50.4 Å². The molecule has 3 heterocycles. The van der Waals surface area contributed by atoms with Gasteiger partial charge in [-0.1, -0.05) is 12.1 Å². The lowest BCUT2D eigenvalue weighted by molar-refractivity contribution is 0.0823. The highest BCUT2D eigenvalue weighted by atomic mass is 32.2. The lowest BCUT2D eigenvalue weighted by atomic mass is 10.1. The molecule has 3 aromatic heterocycles. The Balaban J connectivity index is 1.30. The van der Waals surface area contributed by atoms with E-state index in [1.54, 1.807) is 6.92 Å². The number of aromatic nitrogens is 4. The number of benzene rings is 3. The number of nitrogens with one attached hydrogen (secondary N) is 2. The molecular formula is C33H23F4N7O5S. The van der Waals surface area contributed by atoms with Crippen molar-refractivity contribution in [3.05, 3.63) is 113 Å². The maximum absolute atomic E-state index is 14.0. The Morgan fingerprint density at radius 2 is 1.82 bits per heavy atom. The number of halogens is 4. The van der Waals surface area contributed by atoms with Crippen molar-refractivity contribution in [1.29, 1.82) is 5.26 Å². The molecule has 0 spiro atoms. The van der Waals surface area contributed by atoms with E-state index in [1.807, 2.05) is 6.07 Å². The molecule has 0 aliphatic heterocycles. The molecule has 0 radical (unpaired) electrons. The summed E-state index contributed by atoms with van der Waals surface area (Å²) in [7, 11) is -4.31. The Morgan fingerprint density at radius 3 is 2.52 bits per heavy atom. The molecule has 0 saturated heterocycles. The van der Waals surface area contributed by atoms with Gasteiger partial charge in [-0.3, -0.25) is 9.52 Å². The van der Waals surface area contributed by atoms with E-state index in [9.17, 15) is 30.8 Å². The zero-order valence-corrected chi connectivity index (χ0v) is 26.4. The number of sulfonamides is 1. The molecule has 0 bridgehead atoms. The summed E-state index contributed by atoms with van der Waals surface area (Å²) in [6.07, 6.45) is -0.361. The molecule has 0 amide bonds. The lowest BCUT2D eigenvalue weighted by Crippen LogP contribution is -2.15. The predicted octanol–water partition coefficient (Wildman–Crippen LogP) is 6.26. The Kier molecular flexibility index (Phi) is 8.87. The minimum atomic E-state index is -4.31. The first-order valence-electron chi connectivity index (χ1n) is 14.4. The number of aromatic amines is 1. The van der Waals surface area contributed by atoms with Crippen LogP contribution in [-0.2, 0) is 10.0 Å². The minimum Gasteiger partial charge on any atom is -0.485 e. The third-order valence-electron chi connectivity index (χ3n) is 7.31. The van der Waals surface area contributed by atoms with Gasteiger partial charge >= 0.3 is 0 Å². The molecule has 0 unspecified atom stereocenters. The number of nitrogen functional groups attached to an aromatic ring is 1. The molecule has 17 heteroatoms. The molecule has 6 aromatic rings. The van der Waals surface area contributed by atoms with Crippen LogP contribution in [-0.4, -0.2) is 47.0 Å². The van der Waals surface area contributed by atoms with Crippen molar-refractivity contribution in [3.63, 3.8) is 0 Å². The number of carbonyl (C=O) groups is 1. The molecule has 0 saturated carbocycles. The number of pyridine rings is 1. The number of rotatable bonds is 11. The average molecular weight is 706 g/mol. The van der Waals surface area contributed by atoms with Gasteiger partial charge in [-0.05, 0) is 61.0 Å². The van der Waals surface area contributed by atoms with E-state index >= 15 is 0 Å². The summed E-state index contributed by atoms with van der Waals surface area (Å²) < 4.78 is 94.6. The molecule has 0 aliphatic rings. The topological polar surface area (TPSA) is 178 Å². The third-order valence-corrected chi connectivity index (χ3v) is 8.67. The van der Waals surface area contributed by atoms with Crippen molar-refractivity contribution >= 4 is 38.2 Å². The van der Waals surface area contributed by atoms with Gasteiger partial charge in [0.1, 0.15) is 18.2 Å². The number of anilines is 2. The van der Waals surface area contributed by atoms with E-state index in [1.165, 1.54) is 65.6 Å². The normalized spacial score (nSPS) is 11.5. The number of aryl methyl sites for hydroxylation is 1. The van der Waals surface area contributed by atoms with E-state index in [2.05, 4.69) is 19.8 Å². The summed E-state index contributed by atoms with van der Waals surface area (Å²) in [5.41, 5.74) is 7.22. The van der Waals surface area contributed by atoms with E-state index in [4.69, 9.17) is 20.5 Å². The fourth-order valence-corrected chi connectivity index (χ4v) is 6.03. The number of H-pyrrole nitrogens is 1. The van der Waals surface area contributed by atoms with E-state index in [0.717, 1.165) is 18.2 Å². The number of nitriles is 1. The molecule has 12 nitrogen and oxygen atoms in total. The van der Waals surface area contributed by atoms with Crippen LogP contribution >= 0.6 is 0 Å². The third kappa shape index (κ3) is 6.64. The van der Waals surface area contributed by atoms with Crippen LogP contribution in [0, 0.1) is 29.9 Å². The van der Waals surface area contributed by atoms with Crippen molar-refractivity contribution < 1.29 is 40.2 Å². The number of ketones is 1. The van der Waals surface area contributed by atoms with Crippen LogP contribution in [0.3, 0.4) is 0 Å². The SMILES string of the molecule is Cc1cc(Oc2c(F)cccc2F)ncc1-n1ncc(C(=O)c2cc3cc(OCC(F)F)c(NS(=O)(=O)c4cccc(C#N)c4)cc3[nH]2)c1N. The fourth-order valence-electron chi connectivity index (χ4n) is 4.93. The van der Waals surface area contributed by atoms with Crippen molar-refractivity contribution in [2.45, 2.75) is 18.2 Å². The van der Waals surface area contributed by atoms with E-state index in [0.29, 0.717) is 16.6 Å². The number of ether oxygens (including phenoxy) is 2. The van der Waals surface area contributed by atoms with E-state index < -0.39 is 46.2 Å². The van der Waals surface area contributed by atoms with Gasteiger partial charge in [0.25, 0.3) is 16.4 Å². The van der Waals surface area contributed by atoms with Gasteiger partial charge in [-0.25, -0.2) is 35.6 Å². The van der Waals surface area contributed by atoms with Crippen molar-refractivity contribution in [2.24, 2.45) is 0 Å². The van der Waals surface area contributed by atoms with Gasteiger partial charge in [0.2, 0.25) is 17.4 Å².